The number of alkyl halides is 3. The van der Waals surface area contributed by atoms with E-state index in [1.165, 1.54) is 18.3 Å². The molecule has 10 heteroatoms. The minimum atomic E-state index is -4.38. The van der Waals surface area contributed by atoms with Crippen molar-refractivity contribution in [3.63, 3.8) is 0 Å². The van der Waals surface area contributed by atoms with Crippen molar-refractivity contribution in [2.75, 3.05) is 25.1 Å². The highest BCUT2D eigenvalue weighted by molar-refractivity contribution is 5.94. The number of carboxylic acid groups (broad SMARTS) is 1. The molecule has 0 bridgehead atoms. The van der Waals surface area contributed by atoms with Crippen molar-refractivity contribution in [3.8, 4) is 11.1 Å². The van der Waals surface area contributed by atoms with Crippen molar-refractivity contribution in [3.05, 3.63) is 83.6 Å². The summed E-state index contributed by atoms with van der Waals surface area (Å²) in [4.78, 5) is 27.2. The SMILES string of the molecule is O=C(O)CCNC(=O)c1ccc(NC(c2ccc(-c3ccc(C(F)(F)F)cc3)cc2)C2CCCOC2)nc1. The number of carbonyl (C=O) groups is 2. The van der Waals surface area contributed by atoms with E-state index in [9.17, 15) is 22.8 Å². The van der Waals surface area contributed by atoms with Gasteiger partial charge in [0.1, 0.15) is 5.82 Å². The number of nitrogens with one attached hydrogen (secondary N) is 2. The molecule has 1 saturated heterocycles. The summed E-state index contributed by atoms with van der Waals surface area (Å²) in [5, 5.41) is 14.7. The maximum absolute atomic E-state index is 12.9. The van der Waals surface area contributed by atoms with E-state index >= 15 is 0 Å². The molecule has 2 heterocycles. The van der Waals surface area contributed by atoms with Gasteiger partial charge < -0.3 is 20.5 Å². The number of amides is 1. The Balaban J connectivity index is 1.49. The molecule has 38 heavy (non-hydrogen) atoms. The second kappa shape index (κ2) is 12.1. The highest BCUT2D eigenvalue weighted by atomic mass is 19.4. The normalized spacial score (nSPS) is 16.4. The second-order valence-electron chi connectivity index (χ2n) is 9.13. The lowest BCUT2D eigenvalue weighted by molar-refractivity contribution is -0.138. The van der Waals surface area contributed by atoms with Gasteiger partial charge in [0.2, 0.25) is 0 Å². The van der Waals surface area contributed by atoms with E-state index in [-0.39, 0.29) is 24.9 Å². The molecule has 4 rings (SSSR count). The molecule has 3 N–H and O–H groups in total. The van der Waals surface area contributed by atoms with Gasteiger partial charge in [-0.25, -0.2) is 4.98 Å². The Morgan fingerprint density at radius 1 is 1.03 bits per heavy atom. The molecular formula is C28H28F3N3O4. The Bertz CT molecular complexity index is 1220. The first-order chi connectivity index (χ1) is 18.2. The fourth-order valence-electron chi connectivity index (χ4n) is 4.39. The molecule has 0 aliphatic carbocycles. The monoisotopic (exact) mass is 527 g/mol. The average Bonchev–Trinajstić information content (AvgIpc) is 2.92. The number of halogens is 3. The number of pyridine rings is 1. The number of aliphatic carboxylic acids is 1. The minimum absolute atomic E-state index is 0.0282. The molecule has 7 nitrogen and oxygen atoms in total. The Kier molecular flexibility index (Phi) is 8.62. The maximum atomic E-state index is 12.9. The molecule has 2 unspecified atom stereocenters. The van der Waals surface area contributed by atoms with Crippen LogP contribution in [-0.2, 0) is 15.7 Å². The van der Waals surface area contributed by atoms with Gasteiger partial charge in [-0.05, 0) is 53.8 Å². The molecule has 1 aromatic heterocycles. The first-order valence-corrected chi connectivity index (χ1v) is 12.3. The minimum Gasteiger partial charge on any atom is -0.481 e. The Labute approximate surface area is 218 Å². The summed E-state index contributed by atoms with van der Waals surface area (Å²) in [6.45, 7) is 1.31. The van der Waals surface area contributed by atoms with Crippen molar-refractivity contribution in [2.45, 2.75) is 31.5 Å². The molecule has 2 aromatic carbocycles. The summed E-state index contributed by atoms with van der Waals surface area (Å²) in [7, 11) is 0. The van der Waals surface area contributed by atoms with Gasteiger partial charge in [0, 0.05) is 25.3 Å². The predicted molar refractivity (Wildman–Crippen MR) is 136 cm³/mol. The molecule has 1 fully saturated rings. The summed E-state index contributed by atoms with van der Waals surface area (Å²) >= 11 is 0. The molecule has 1 aliphatic heterocycles. The fraction of sp³-hybridized carbons (Fsp3) is 0.321. The van der Waals surface area contributed by atoms with E-state index in [2.05, 4.69) is 15.6 Å². The lowest BCUT2D eigenvalue weighted by atomic mass is 9.88. The molecule has 0 radical (unpaired) electrons. The van der Waals surface area contributed by atoms with Gasteiger partial charge in [0.25, 0.3) is 5.91 Å². The first kappa shape index (κ1) is 27.1. The number of anilines is 1. The van der Waals surface area contributed by atoms with Crippen LogP contribution in [0.2, 0.25) is 0 Å². The van der Waals surface area contributed by atoms with E-state index in [0.29, 0.717) is 30.2 Å². The third-order valence-electron chi connectivity index (χ3n) is 6.44. The third kappa shape index (κ3) is 7.10. The highest BCUT2D eigenvalue weighted by Crippen LogP contribution is 2.34. The topological polar surface area (TPSA) is 101 Å². The van der Waals surface area contributed by atoms with Crippen LogP contribution in [0.25, 0.3) is 11.1 Å². The summed E-state index contributed by atoms with van der Waals surface area (Å²) in [5.41, 5.74) is 2.11. The van der Waals surface area contributed by atoms with Crippen LogP contribution in [0.1, 0.15) is 46.8 Å². The smallest absolute Gasteiger partial charge is 0.416 e. The van der Waals surface area contributed by atoms with Gasteiger partial charge in [-0.3, -0.25) is 9.59 Å². The van der Waals surface area contributed by atoms with Crippen LogP contribution in [0.4, 0.5) is 19.0 Å². The van der Waals surface area contributed by atoms with Crippen LogP contribution >= 0.6 is 0 Å². The predicted octanol–water partition coefficient (Wildman–Crippen LogP) is 5.55. The molecule has 0 saturated carbocycles. The molecule has 3 aromatic rings. The van der Waals surface area contributed by atoms with Crippen LogP contribution in [0.3, 0.4) is 0 Å². The summed E-state index contributed by atoms with van der Waals surface area (Å²) in [5.74, 6) is -0.662. The zero-order chi connectivity index (χ0) is 27.1. The fourth-order valence-corrected chi connectivity index (χ4v) is 4.39. The van der Waals surface area contributed by atoms with Gasteiger partial charge in [0.05, 0.1) is 30.2 Å². The van der Waals surface area contributed by atoms with Crippen LogP contribution in [0.15, 0.2) is 66.9 Å². The average molecular weight is 528 g/mol. The Morgan fingerprint density at radius 2 is 1.71 bits per heavy atom. The second-order valence-corrected chi connectivity index (χ2v) is 9.13. The van der Waals surface area contributed by atoms with Crippen molar-refractivity contribution in [1.82, 2.24) is 10.3 Å². The number of carbonyl (C=O) groups excluding carboxylic acids is 1. The maximum Gasteiger partial charge on any atom is 0.416 e. The Morgan fingerprint density at radius 3 is 2.26 bits per heavy atom. The standard InChI is InChI=1S/C28H28F3N3O4/c29-28(30,31)23-10-7-19(8-11-23)18-3-5-20(6-4-18)26(22-2-1-15-38-17-22)34-24-12-9-21(16-33-24)27(37)32-14-13-25(35)36/h3-12,16,22,26H,1-2,13-15,17H2,(H,32,37)(H,33,34)(H,35,36). The van der Waals surface area contributed by atoms with Crippen LogP contribution in [0, 0.1) is 5.92 Å². The van der Waals surface area contributed by atoms with Gasteiger partial charge in [-0.2, -0.15) is 13.2 Å². The molecule has 1 aliphatic rings. The number of aromatic nitrogens is 1. The molecular weight excluding hydrogens is 499 g/mol. The van der Waals surface area contributed by atoms with E-state index < -0.39 is 23.6 Å². The number of benzene rings is 2. The van der Waals surface area contributed by atoms with E-state index in [4.69, 9.17) is 9.84 Å². The first-order valence-electron chi connectivity index (χ1n) is 12.3. The summed E-state index contributed by atoms with van der Waals surface area (Å²) < 4.78 is 44.4. The number of carboxylic acids is 1. The lowest BCUT2D eigenvalue weighted by Crippen LogP contribution is -2.29. The third-order valence-corrected chi connectivity index (χ3v) is 6.44. The van der Waals surface area contributed by atoms with Gasteiger partial charge >= 0.3 is 12.1 Å². The molecule has 0 spiro atoms. The van der Waals surface area contributed by atoms with Gasteiger partial charge in [-0.15, -0.1) is 0 Å². The van der Waals surface area contributed by atoms with Gasteiger partial charge in [0.15, 0.2) is 0 Å². The van der Waals surface area contributed by atoms with Gasteiger partial charge in [-0.1, -0.05) is 36.4 Å². The summed E-state index contributed by atoms with van der Waals surface area (Å²) in [6, 6.07) is 15.9. The van der Waals surface area contributed by atoms with Crippen LogP contribution < -0.4 is 10.6 Å². The zero-order valence-corrected chi connectivity index (χ0v) is 20.5. The number of nitrogens with zero attached hydrogens (tertiary/aromatic N) is 1. The van der Waals surface area contributed by atoms with Crippen molar-refractivity contribution in [1.29, 1.82) is 0 Å². The quantitative estimate of drug-likeness (QED) is 0.337. The number of ether oxygens (including phenoxy) is 1. The van der Waals surface area contributed by atoms with E-state index in [1.807, 2.05) is 24.3 Å². The largest absolute Gasteiger partial charge is 0.481 e. The van der Waals surface area contributed by atoms with Crippen molar-refractivity contribution < 1.29 is 32.6 Å². The van der Waals surface area contributed by atoms with E-state index in [0.717, 1.165) is 36.1 Å². The van der Waals surface area contributed by atoms with Crippen molar-refractivity contribution >= 4 is 17.7 Å². The molecule has 2 atom stereocenters. The number of hydrogen-bond donors (Lipinski definition) is 3. The molecule has 1 amide bonds. The van der Waals surface area contributed by atoms with E-state index in [1.54, 1.807) is 12.1 Å². The number of rotatable bonds is 9. The molecule has 200 valence electrons. The summed E-state index contributed by atoms with van der Waals surface area (Å²) in [6.07, 6.45) is -1.24. The van der Waals surface area contributed by atoms with Crippen LogP contribution in [-0.4, -0.2) is 41.7 Å². The van der Waals surface area contributed by atoms with Crippen molar-refractivity contribution in [2.24, 2.45) is 5.92 Å². The lowest BCUT2D eigenvalue weighted by Gasteiger charge is -2.31. The Hall–Kier alpha value is -3.92. The van der Waals surface area contributed by atoms with Crippen LogP contribution in [0.5, 0.6) is 0 Å². The highest BCUT2D eigenvalue weighted by Gasteiger charge is 2.30. The number of hydrogen-bond acceptors (Lipinski definition) is 5. The zero-order valence-electron chi connectivity index (χ0n) is 20.5.